The van der Waals surface area contributed by atoms with E-state index in [1.165, 1.54) is 31.5 Å². The molecule has 2 fully saturated rings. The Hall–Kier alpha value is -2.29. The number of nitrogens with two attached hydrogens (primary N) is 1. The van der Waals surface area contributed by atoms with Crippen molar-refractivity contribution >= 4 is 5.82 Å². The fourth-order valence-corrected chi connectivity index (χ4v) is 4.15. The topological polar surface area (TPSA) is 69.2 Å². The van der Waals surface area contributed by atoms with E-state index in [2.05, 4.69) is 26.6 Å². The number of likely N-dealkylation sites (tertiary alicyclic amines) is 1. The van der Waals surface area contributed by atoms with Gasteiger partial charge in [-0.05, 0) is 57.6 Å². The van der Waals surface area contributed by atoms with E-state index in [9.17, 15) is 13.2 Å². The predicted octanol–water partition coefficient (Wildman–Crippen LogP) is 6.59. The number of rotatable bonds is 5. The van der Waals surface area contributed by atoms with Crippen LogP contribution in [-0.2, 0) is 0 Å². The second-order valence-electron chi connectivity index (χ2n) is 8.71. The summed E-state index contributed by atoms with van der Waals surface area (Å²) in [5.41, 5.74) is 6.67. The highest BCUT2D eigenvalue weighted by Crippen LogP contribution is 2.31. The average molecular weight is 486 g/mol. The third kappa shape index (κ3) is 8.49. The molecule has 3 atom stereocenters. The van der Waals surface area contributed by atoms with Crippen LogP contribution in [0.5, 0.6) is 5.75 Å². The Morgan fingerprint density at radius 1 is 1.18 bits per heavy atom. The van der Waals surface area contributed by atoms with Crippen LogP contribution in [0.15, 0.2) is 24.5 Å². The van der Waals surface area contributed by atoms with Crippen molar-refractivity contribution in [2.45, 2.75) is 92.6 Å². The SMILES string of the molecule is C.CC.CC(C)n1ccc(-c2cnc(N)c(OC(F)F)c2)n1.CC1CCC(N2CCC(F)C2)C1. The summed E-state index contributed by atoms with van der Waals surface area (Å²) in [5.74, 6) is 0.646. The third-order valence-corrected chi connectivity index (χ3v) is 5.88. The molecule has 1 saturated heterocycles. The lowest BCUT2D eigenvalue weighted by Gasteiger charge is -2.22. The molecule has 34 heavy (non-hydrogen) atoms. The van der Waals surface area contributed by atoms with Gasteiger partial charge in [0.25, 0.3) is 0 Å². The van der Waals surface area contributed by atoms with Gasteiger partial charge in [0.2, 0.25) is 0 Å². The third-order valence-electron chi connectivity index (χ3n) is 5.88. The molecule has 6 nitrogen and oxygen atoms in total. The Morgan fingerprint density at radius 3 is 2.38 bits per heavy atom. The molecule has 1 saturated carbocycles. The van der Waals surface area contributed by atoms with Gasteiger partial charge in [-0.2, -0.15) is 13.9 Å². The number of pyridine rings is 1. The molecule has 2 aromatic rings. The number of hydrogen-bond acceptors (Lipinski definition) is 5. The second-order valence-corrected chi connectivity index (χ2v) is 8.71. The lowest BCUT2D eigenvalue weighted by molar-refractivity contribution is -0.0494. The fraction of sp³-hybridized carbons (Fsp3) is 0.680. The molecule has 0 spiro atoms. The first-order chi connectivity index (χ1) is 15.7. The number of nitrogen functional groups attached to an aromatic ring is 1. The fourth-order valence-electron chi connectivity index (χ4n) is 4.15. The van der Waals surface area contributed by atoms with Crippen molar-refractivity contribution in [2.24, 2.45) is 5.92 Å². The summed E-state index contributed by atoms with van der Waals surface area (Å²) in [4.78, 5) is 6.19. The van der Waals surface area contributed by atoms with Crippen LogP contribution in [0.1, 0.15) is 73.8 Å². The number of hydrogen-bond donors (Lipinski definition) is 1. The minimum absolute atomic E-state index is 0. The van der Waals surface area contributed by atoms with Crippen LogP contribution in [0.3, 0.4) is 0 Å². The monoisotopic (exact) mass is 485 g/mol. The molecule has 2 aliphatic rings. The highest BCUT2D eigenvalue weighted by atomic mass is 19.3. The summed E-state index contributed by atoms with van der Waals surface area (Å²) in [6.45, 7) is 9.05. The van der Waals surface area contributed by atoms with E-state index in [1.54, 1.807) is 10.7 Å². The van der Waals surface area contributed by atoms with Gasteiger partial charge in [-0.1, -0.05) is 28.2 Å². The van der Waals surface area contributed by atoms with Crippen LogP contribution >= 0.6 is 0 Å². The zero-order valence-electron chi connectivity index (χ0n) is 20.3. The summed E-state index contributed by atoms with van der Waals surface area (Å²) < 4.78 is 43.4. The van der Waals surface area contributed by atoms with Crippen molar-refractivity contribution < 1.29 is 17.9 Å². The van der Waals surface area contributed by atoms with Crippen LogP contribution in [0.4, 0.5) is 19.0 Å². The summed E-state index contributed by atoms with van der Waals surface area (Å²) in [5, 5.41) is 4.32. The lowest BCUT2D eigenvalue weighted by atomic mass is 10.1. The first kappa shape index (κ1) is 29.7. The van der Waals surface area contributed by atoms with E-state index in [1.807, 2.05) is 33.9 Å². The molecule has 2 aromatic heterocycles. The molecule has 1 aliphatic carbocycles. The Labute approximate surface area is 202 Å². The summed E-state index contributed by atoms with van der Waals surface area (Å²) in [6.07, 6.45) is 7.45. The van der Waals surface area contributed by atoms with Crippen LogP contribution in [-0.4, -0.2) is 51.6 Å². The van der Waals surface area contributed by atoms with E-state index < -0.39 is 12.8 Å². The van der Waals surface area contributed by atoms with Gasteiger partial charge in [0.1, 0.15) is 6.17 Å². The van der Waals surface area contributed by atoms with Gasteiger partial charge in [-0.25, -0.2) is 9.37 Å². The standard InChI is InChI=1S/C12H14F2N4O.C10H18FN.C2H6.CH4/c1-7(2)18-4-3-9(17-18)8-5-10(19-12(13)14)11(15)16-6-8;1-8-2-3-10(6-8)12-5-4-9(11)7-12;1-2;/h3-7,12H,1-2H3,(H2,15,16);8-10H,2-7H2,1H3;1-2H3;1H4. The van der Waals surface area contributed by atoms with Crippen molar-refractivity contribution in [1.82, 2.24) is 19.7 Å². The molecule has 2 N–H and O–H groups in total. The van der Waals surface area contributed by atoms with Crippen LogP contribution in [0, 0.1) is 5.92 Å². The molecule has 0 amide bonds. The molecular weight excluding hydrogens is 443 g/mol. The lowest BCUT2D eigenvalue weighted by Crippen LogP contribution is -2.31. The summed E-state index contributed by atoms with van der Waals surface area (Å²) >= 11 is 0. The van der Waals surface area contributed by atoms with Gasteiger partial charge in [0, 0.05) is 43.1 Å². The summed E-state index contributed by atoms with van der Waals surface area (Å²) in [7, 11) is 0. The number of halogens is 3. The van der Waals surface area contributed by atoms with Gasteiger partial charge < -0.3 is 10.5 Å². The van der Waals surface area contributed by atoms with Crippen molar-refractivity contribution in [2.75, 3.05) is 18.8 Å². The molecule has 194 valence electrons. The van der Waals surface area contributed by atoms with E-state index in [4.69, 9.17) is 5.73 Å². The maximum atomic E-state index is 12.9. The quantitative estimate of drug-likeness (QED) is 0.517. The minimum Gasteiger partial charge on any atom is -0.431 e. The van der Waals surface area contributed by atoms with E-state index in [0.29, 0.717) is 23.8 Å². The number of anilines is 1. The van der Waals surface area contributed by atoms with Gasteiger partial charge in [-0.3, -0.25) is 9.58 Å². The largest absolute Gasteiger partial charge is 0.431 e. The number of aromatic nitrogens is 3. The normalized spacial score (nSPS) is 22.0. The molecule has 0 radical (unpaired) electrons. The van der Waals surface area contributed by atoms with Crippen molar-refractivity contribution in [3.05, 3.63) is 24.5 Å². The first-order valence-corrected chi connectivity index (χ1v) is 11.9. The highest BCUT2D eigenvalue weighted by molar-refractivity contribution is 5.63. The molecule has 4 rings (SSSR count). The maximum absolute atomic E-state index is 12.9. The van der Waals surface area contributed by atoms with Crippen LogP contribution in [0.2, 0.25) is 0 Å². The predicted molar refractivity (Wildman–Crippen MR) is 133 cm³/mol. The minimum atomic E-state index is -2.94. The number of nitrogens with zero attached hydrogens (tertiary/aromatic N) is 4. The molecular formula is C25H42F3N5O. The average Bonchev–Trinajstić information content (AvgIpc) is 3.52. The Bertz CT molecular complexity index is 828. The molecule has 3 heterocycles. The Balaban J connectivity index is 0.000000332. The van der Waals surface area contributed by atoms with Gasteiger partial charge in [-0.15, -0.1) is 0 Å². The zero-order valence-corrected chi connectivity index (χ0v) is 20.3. The molecule has 1 aliphatic heterocycles. The van der Waals surface area contributed by atoms with Crippen LogP contribution < -0.4 is 10.5 Å². The van der Waals surface area contributed by atoms with E-state index >= 15 is 0 Å². The molecule has 9 heteroatoms. The van der Waals surface area contributed by atoms with E-state index in [-0.39, 0.29) is 25.0 Å². The summed E-state index contributed by atoms with van der Waals surface area (Å²) in [6, 6.07) is 4.11. The Morgan fingerprint density at radius 2 is 1.88 bits per heavy atom. The molecule has 0 aromatic carbocycles. The number of ether oxygens (including phenoxy) is 1. The number of alkyl halides is 3. The molecule has 0 bridgehead atoms. The smallest absolute Gasteiger partial charge is 0.387 e. The van der Waals surface area contributed by atoms with Gasteiger partial charge >= 0.3 is 6.61 Å². The van der Waals surface area contributed by atoms with Crippen molar-refractivity contribution in [3.63, 3.8) is 0 Å². The van der Waals surface area contributed by atoms with E-state index in [0.717, 1.165) is 18.9 Å². The maximum Gasteiger partial charge on any atom is 0.387 e. The van der Waals surface area contributed by atoms with Gasteiger partial charge in [0.05, 0.1) is 5.69 Å². The second kappa shape index (κ2) is 14.2. The van der Waals surface area contributed by atoms with Gasteiger partial charge in [0.15, 0.2) is 11.6 Å². The molecule has 3 unspecified atom stereocenters. The van der Waals surface area contributed by atoms with Crippen LogP contribution in [0.25, 0.3) is 11.3 Å². The Kier molecular flexibility index (Phi) is 12.4. The van der Waals surface area contributed by atoms with Crippen molar-refractivity contribution in [3.8, 4) is 17.0 Å². The highest BCUT2D eigenvalue weighted by Gasteiger charge is 2.31. The van der Waals surface area contributed by atoms with Crippen molar-refractivity contribution in [1.29, 1.82) is 0 Å². The first-order valence-electron chi connectivity index (χ1n) is 11.9. The zero-order chi connectivity index (χ0) is 24.5.